The van der Waals surface area contributed by atoms with Gasteiger partial charge in [0.25, 0.3) is 5.91 Å². The number of rotatable bonds is 6. The zero-order valence-electron chi connectivity index (χ0n) is 25.9. The fourth-order valence-electron chi connectivity index (χ4n) is 5.25. The molecule has 0 saturated carbocycles. The quantitative estimate of drug-likeness (QED) is 0.315. The van der Waals surface area contributed by atoms with E-state index in [1.54, 1.807) is 25.2 Å². The van der Waals surface area contributed by atoms with Gasteiger partial charge in [0.2, 0.25) is 0 Å². The van der Waals surface area contributed by atoms with Crippen LogP contribution >= 0.6 is 0 Å². The number of carbonyl (C=O) groups excluding carboxylic acids is 1. The summed E-state index contributed by atoms with van der Waals surface area (Å²) in [6, 6.07) is 15.9. The van der Waals surface area contributed by atoms with Gasteiger partial charge in [0, 0.05) is 37.7 Å². The molecule has 41 heavy (non-hydrogen) atoms. The Morgan fingerprint density at radius 1 is 1.07 bits per heavy atom. The first-order chi connectivity index (χ1) is 19.6. The van der Waals surface area contributed by atoms with Crippen molar-refractivity contribution in [1.82, 2.24) is 9.88 Å². The fraction of sp³-hybridized carbons (Fsp3) is 0.400. The normalized spacial score (nSPS) is 18.5. The molecule has 2 unspecified atom stereocenters. The van der Waals surface area contributed by atoms with Crippen molar-refractivity contribution in [2.45, 2.75) is 54.6 Å². The van der Waals surface area contributed by atoms with Crippen molar-refractivity contribution in [3.63, 3.8) is 0 Å². The molecule has 4 rings (SSSR count). The Kier molecular flexibility index (Phi) is 10.9. The van der Waals surface area contributed by atoms with Gasteiger partial charge < -0.3 is 14.4 Å². The third-order valence-electron chi connectivity index (χ3n) is 7.46. The van der Waals surface area contributed by atoms with Gasteiger partial charge in [-0.2, -0.15) is 5.26 Å². The summed E-state index contributed by atoms with van der Waals surface area (Å²) in [5, 5.41) is 9.93. The second-order valence-corrected chi connectivity index (χ2v) is 10.8. The minimum absolute atomic E-state index is 0.0117. The number of nitrogens with zero attached hydrogens (tertiary/aromatic N) is 3. The molecule has 0 bridgehead atoms. The van der Waals surface area contributed by atoms with E-state index in [0.717, 1.165) is 39.1 Å². The monoisotopic (exact) mass is 553 g/mol. The Morgan fingerprint density at radius 2 is 1.76 bits per heavy atom. The van der Waals surface area contributed by atoms with Crippen LogP contribution in [0.4, 0.5) is 0 Å². The zero-order chi connectivity index (χ0) is 30.3. The maximum Gasteiger partial charge on any atom is 0.253 e. The minimum Gasteiger partial charge on any atom is -0.488 e. The highest BCUT2D eigenvalue weighted by Crippen LogP contribution is 2.33. The van der Waals surface area contributed by atoms with Crippen LogP contribution < -0.4 is 4.74 Å². The average Bonchev–Trinajstić information content (AvgIpc) is 2.96. The van der Waals surface area contributed by atoms with Gasteiger partial charge in [-0.15, -0.1) is 0 Å². The second kappa shape index (κ2) is 14.1. The van der Waals surface area contributed by atoms with E-state index < -0.39 is 0 Å². The van der Waals surface area contributed by atoms with Crippen LogP contribution in [0.2, 0.25) is 0 Å². The molecule has 6 heteroatoms. The summed E-state index contributed by atoms with van der Waals surface area (Å²) in [4.78, 5) is 18.6. The van der Waals surface area contributed by atoms with E-state index in [-0.39, 0.29) is 23.8 Å². The first-order valence-electron chi connectivity index (χ1n) is 14.4. The number of allylic oxidation sites excluding steroid dienone is 1. The van der Waals surface area contributed by atoms with Crippen molar-refractivity contribution in [3.8, 4) is 22.9 Å². The second-order valence-electron chi connectivity index (χ2n) is 10.8. The van der Waals surface area contributed by atoms with Crippen LogP contribution in [-0.4, -0.2) is 49.2 Å². The molecular weight excluding hydrogens is 510 g/mol. The topological polar surface area (TPSA) is 75.5 Å². The van der Waals surface area contributed by atoms with Gasteiger partial charge >= 0.3 is 0 Å². The van der Waals surface area contributed by atoms with Crippen molar-refractivity contribution in [2.24, 2.45) is 11.8 Å². The first kappa shape index (κ1) is 31.6. The molecule has 1 aliphatic rings. The van der Waals surface area contributed by atoms with Gasteiger partial charge in [-0.05, 0) is 90.6 Å². The highest BCUT2D eigenvalue weighted by molar-refractivity contribution is 5.95. The molecule has 216 valence electrons. The number of nitriles is 1. The third-order valence-corrected chi connectivity index (χ3v) is 7.46. The highest BCUT2D eigenvalue weighted by atomic mass is 16.5. The summed E-state index contributed by atoms with van der Waals surface area (Å²) < 4.78 is 12.0. The van der Waals surface area contributed by atoms with Crippen molar-refractivity contribution in [2.75, 3.05) is 27.3 Å². The van der Waals surface area contributed by atoms with Gasteiger partial charge in [-0.25, -0.2) is 0 Å². The standard InChI is InChI=1S/C33H37N3O3.C2H6/c1-20-14-26(33(37)36(6)7)8-10-28(20)21(2)15-30-24(5)29(12-13-35-30)25-9-11-31(27(16-25)17-34)39-32-22(3)18-38-19-23(32)4;1-2/h8-16,22-23,32H,18-19H2,1-7H3;1-2H3/b21-15+;/t22-,23?,32?;/m1./s1. The van der Waals surface area contributed by atoms with Crippen molar-refractivity contribution in [3.05, 3.63) is 82.2 Å². The number of aromatic nitrogens is 1. The number of carbonyl (C=O) groups is 1. The molecule has 6 nitrogen and oxygen atoms in total. The molecule has 0 spiro atoms. The number of ether oxygens (including phenoxy) is 2. The van der Waals surface area contributed by atoms with Crippen LogP contribution in [0.15, 0.2) is 48.7 Å². The number of benzene rings is 2. The highest BCUT2D eigenvalue weighted by Gasteiger charge is 2.31. The molecule has 3 atom stereocenters. The Bertz CT molecular complexity index is 1440. The van der Waals surface area contributed by atoms with Crippen molar-refractivity contribution >= 4 is 17.6 Å². The summed E-state index contributed by atoms with van der Waals surface area (Å²) in [5.41, 5.74) is 8.21. The van der Waals surface area contributed by atoms with Gasteiger partial charge in [-0.3, -0.25) is 9.78 Å². The predicted octanol–water partition coefficient (Wildman–Crippen LogP) is 7.58. The number of amides is 1. The molecule has 1 aliphatic heterocycles. The molecule has 0 radical (unpaired) electrons. The van der Waals surface area contributed by atoms with Crippen LogP contribution in [0.25, 0.3) is 22.8 Å². The zero-order valence-corrected chi connectivity index (χ0v) is 25.9. The van der Waals surface area contributed by atoms with Gasteiger partial charge in [0.05, 0.1) is 24.5 Å². The molecule has 0 aliphatic carbocycles. The maximum atomic E-state index is 12.3. The third kappa shape index (κ3) is 7.23. The van der Waals surface area contributed by atoms with Crippen LogP contribution in [0.3, 0.4) is 0 Å². The largest absolute Gasteiger partial charge is 0.488 e. The average molecular weight is 554 g/mol. The summed E-state index contributed by atoms with van der Waals surface area (Å²) in [6.45, 7) is 15.7. The van der Waals surface area contributed by atoms with Crippen molar-refractivity contribution in [1.29, 1.82) is 5.26 Å². The van der Waals surface area contributed by atoms with E-state index in [1.165, 1.54) is 0 Å². The SMILES string of the molecule is C/C(=C\c1nccc(-c2ccc(OC3C(C)COC[C@H]3C)c(C#N)c2)c1C)c1ccc(C(=O)N(C)C)cc1C.CC. The molecular formula is C35H43N3O3. The molecule has 2 heterocycles. The Morgan fingerprint density at radius 3 is 2.37 bits per heavy atom. The Balaban J connectivity index is 0.00000226. The summed E-state index contributed by atoms with van der Waals surface area (Å²) in [5.74, 6) is 1.12. The van der Waals surface area contributed by atoms with Gasteiger partial charge in [0.15, 0.2) is 0 Å². The molecule has 1 amide bonds. The molecule has 1 aromatic heterocycles. The Hall–Kier alpha value is -3.95. The fourth-order valence-corrected chi connectivity index (χ4v) is 5.25. The van der Waals surface area contributed by atoms with Crippen LogP contribution in [0.5, 0.6) is 5.75 Å². The maximum absolute atomic E-state index is 12.3. The lowest BCUT2D eigenvalue weighted by atomic mass is 9.91. The smallest absolute Gasteiger partial charge is 0.253 e. The number of hydrogen-bond acceptors (Lipinski definition) is 5. The van der Waals surface area contributed by atoms with E-state index in [1.807, 2.05) is 63.2 Å². The number of aryl methyl sites for hydroxylation is 1. The number of pyridine rings is 1. The summed E-state index contributed by atoms with van der Waals surface area (Å²) in [7, 11) is 3.51. The van der Waals surface area contributed by atoms with E-state index in [0.29, 0.717) is 30.1 Å². The van der Waals surface area contributed by atoms with E-state index in [4.69, 9.17) is 9.47 Å². The van der Waals surface area contributed by atoms with Crippen LogP contribution in [-0.2, 0) is 4.74 Å². The lowest BCUT2D eigenvalue weighted by Crippen LogP contribution is -2.41. The lowest BCUT2D eigenvalue weighted by molar-refractivity contribution is -0.0551. The van der Waals surface area contributed by atoms with Crippen LogP contribution in [0, 0.1) is 37.0 Å². The minimum atomic E-state index is -0.0126. The Labute approximate surface area is 245 Å². The molecule has 1 saturated heterocycles. The van der Waals surface area contributed by atoms with E-state index >= 15 is 0 Å². The molecule has 1 fully saturated rings. The van der Waals surface area contributed by atoms with Gasteiger partial charge in [-0.1, -0.05) is 39.8 Å². The van der Waals surface area contributed by atoms with Crippen molar-refractivity contribution < 1.29 is 14.3 Å². The van der Waals surface area contributed by atoms with Gasteiger partial charge in [0.1, 0.15) is 17.9 Å². The lowest BCUT2D eigenvalue weighted by Gasteiger charge is -2.34. The molecule has 0 N–H and O–H groups in total. The van der Waals surface area contributed by atoms with E-state index in [2.05, 4.69) is 44.8 Å². The summed E-state index contributed by atoms with van der Waals surface area (Å²) in [6.07, 6.45) is 3.89. The van der Waals surface area contributed by atoms with E-state index in [9.17, 15) is 10.1 Å². The predicted molar refractivity (Wildman–Crippen MR) is 167 cm³/mol. The first-order valence-corrected chi connectivity index (χ1v) is 14.4. The summed E-state index contributed by atoms with van der Waals surface area (Å²) >= 11 is 0. The molecule has 3 aromatic rings. The number of hydrogen-bond donors (Lipinski definition) is 0. The van der Waals surface area contributed by atoms with Crippen LogP contribution in [0.1, 0.15) is 72.9 Å². The molecule has 2 aromatic carbocycles.